The molecule has 33 heavy (non-hydrogen) atoms. The highest BCUT2D eigenvalue weighted by atomic mass is 35.5. The molecule has 2 aromatic rings. The average molecular weight is 483 g/mol. The maximum absolute atomic E-state index is 12.2. The molecule has 0 saturated carbocycles. The van der Waals surface area contributed by atoms with Crippen molar-refractivity contribution in [1.29, 1.82) is 0 Å². The van der Waals surface area contributed by atoms with Crippen LogP contribution in [0.1, 0.15) is 39.2 Å². The van der Waals surface area contributed by atoms with Gasteiger partial charge in [0.2, 0.25) is 5.95 Å². The monoisotopic (exact) mass is 482 g/mol. The lowest BCUT2D eigenvalue weighted by molar-refractivity contribution is -0.149. The van der Waals surface area contributed by atoms with E-state index in [0.717, 1.165) is 5.56 Å². The molecule has 0 fully saturated rings. The fourth-order valence-corrected chi connectivity index (χ4v) is 2.89. The van der Waals surface area contributed by atoms with Gasteiger partial charge in [0.25, 0.3) is 0 Å². The SMILES string of the molecule is COc1cc(C(C)C)c(Oc2cnc(NC(C)C(=O)OCC(C)(CO)CO)nc2N)cc1Cl. The maximum atomic E-state index is 12.2. The lowest BCUT2D eigenvalue weighted by atomic mass is 9.94. The van der Waals surface area contributed by atoms with Gasteiger partial charge in [-0.25, -0.2) is 9.78 Å². The van der Waals surface area contributed by atoms with E-state index in [0.29, 0.717) is 16.5 Å². The smallest absolute Gasteiger partial charge is 0.328 e. The lowest BCUT2D eigenvalue weighted by Gasteiger charge is -2.24. The van der Waals surface area contributed by atoms with Crippen LogP contribution >= 0.6 is 11.6 Å². The molecule has 1 heterocycles. The fraction of sp³-hybridized carbons (Fsp3) is 0.500. The van der Waals surface area contributed by atoms with Gasteiger partial charge in [0, 0.05) is 17.0 Å². The van der Waals surface area contributed by atoms with E-state index in [-0.39, 0.29) is 43.3 Å². The Balaban J connectivity index is 2.11. The number of ether oxygens (including phenoxy) is 3. The Labute approximate surface area is 198 Å². The van der Waals surface area contributed by atoms with Crippen molar-refractivity contribution < 1.29 is 29.2 Å². The third-order valence-electron chi connectivity index (χ3n) is 4.93. The molecular formula is C22H31ClN4O6. The molecule has 1 aromatic heterocycles. The Hall–Kier alpha value is -2.82. The number of carbonyl (C=O) groups excluding carboxylic acids is 1. The quantitative estimate of drug-likeness (QED) is 0.352. The summed E-state index contributed by atoms with van der Waals surface area (Å²) in [4.78, 5) is 20.5. The number of aliphatic hydroxyl groups excluding tert-OH is 2. The first-order chi connectivity index (χ1) is 15.5. The number of nitrogen functional groups attached to an aromatic ring is 1. The molecule has 10 nitrogen and oxygen atoms in total. The molecule has 1 atom stereocenters. The summed E-state index contributed by atoms with van der Waals surface area (Å²) in [5.41, 5.74) is 5.99. The highest BCUT2D eigenvalue weighted by Crippen LogP contribution is 2.39. The lowest BCUT2D eigenvalue weighted by Crippen LogP contribution is -2.36. The fourth-order valence-electron chi connectivity index (χ4n) is 2.66. The summed E-state index contributed by atoms with van der Waals surface area (Å²) < 4.78 is 16.4. The minimum Gasteiger partial charge on any atom is -0.495 e. The zero-order chi connectivity index (χ0) is 24.8. The molecule has 1 unspecified atom stereocenters. The Morgan fingerprint density at radius 3 is 2.42 bits per heavy atom. The molecule has 182 valence electrons. The van der Waals surface area contributed by atoms with Crippen molar-refractivity contribution >= 4 is 29.3 Å². The van der Waals surface area contributed by atoms with Gasteiger partial charge in [-0.15, -0.1) is 0 Å². The Kier molecular flexibility index (Phi) is 9.09. The molecule has 0 spiro atoms. The van der Waals surface area contributed by atoms with Crippen molar-refractivity contribution in [1.82, 2.24) is 9.97 Å². The average Bonchev–Trinajstić information content (AvgIpc) is 2.78. The van der Waals surface area contributed by atoms with Gasteiger partial charge in [0.1, 0.15) is 24.1 Å². The second-order valence-electron chi connectivity index (χ2n) is 8.33. The molecule has 0 amide bonds. The topological polar surface area (TPSA) is 149 Å². The van der Waals surface area contributed by atoms with E-state index in [9.17, 15) is 15.0 Å². The van der Waals surface area contributed by atoms with E-state index in [1.54, 1.807) is 26.0 Å². The van der Waals surface area contributed by atoms with Gasteiger partial charge in [-0.2, -0.15) is 4.98 Å². The van der Waals surface area contributed by atoms with Crippen LogP contribution in [-0.4, -0.2) is 59.1 Å². The number of aliphatic hydroxyl groups is 2. The van der Waals surface area contributed by atoms with E-state index in [1.807, 2.05) is 13.8 Å². The van der Waals surface area contributed by atoms with Crippen molar-refractivity contribution in [3.8, 4) is 17.2 Å². The van der Waals surface area contributed by atoms with Crippen LogP contribution in [0, 0.1) is 5.41 Å². The first-order valence-electron chi connectivity index (χ1n) is 10.4. The number of nitrogens with two attached hydrogens (primary N) is 1. The first-order valence-corrected chi connectivity index (χ1v) is 10.7. The number of hydrogen-bond acceptors (Lipinski definition) is 10. The van der Waals surface area contributed by atoms with Gasteiger partial charge in [0.05, 0.1) is 31.5 Å². The van der Waals surface area contributed by atoms with Crippen LogP contribution in [-0.2, 0) is 9.53 Å². The highest BCUT2D eigenvalue weighted by Gasteiger charge is 2.26. The Morgan fingerprint density at radius 2 is 1.88 bits per heavy atom. The summed E-state index contributed by atoms with van der Waals surface area (Å²) in [5.74, 6) is 0.951. The molecule has 0 aliphatic carbocycles. The molecule has 0 bridgehead atoms. The largest absolute Gasteiger partial charge is 0.495 e. The molecule has 1 aromatic carbocycles. The molecule has 2 rings (SSSR count). The summed E-state index contributed by atoms with van der Waals surface area (Å²) in [7, 11) is 1.54. The van der Waals surface area contributed by atoms with Crippen LogP contribution in [0.5, 0.6) is 17.2 Å². The number of esters is 1. The minimum atomic E-state index is -0.922. The first kappa shape index (κ1) is 26.4. The number of carbonyl (C=O) groups is 1. The molecule has 0 aliphatic rings. The van der Waals surface area contributed by atoms with Crippen molar-refractivity contribution in [3.63, 3.8) is 0 Å². The van der Waals surface area contributed by atoms with Gasteiger partial charge < -0.3 is 35.5 Å². The zero-order valence-corrected chi connectivity index (χ0v) is 20.1. The van der Waals surface area contributed by atoms with Gasteiger partial charge in [-0.1, -0.05) is 32.4 Å². The predicted molar refractivity (Wildman–Crippen MR) is 125 cm³/mol. The van der Waals surface area contributed by atoms with E-state index in [2.05, 4.69) is 15.3 Å². The van der Waals surface area contributed by atoms with Gasteiger partial charge in [-0.3, -0.25) is 0 Å². The third-order valence-corrected chi connectivity index (χ3v) is 5.23. The number of rotatable bonds is 11. The van der Waals surface area contributed by atoms with E-state index < -0.39 is 17.4 Å². The summed E-state index contributed by atoms with van der Waals surface area (Å²) in [5, 5.41) is 21.8. The standard InChI is InChI=1S/C22H31ClN4O6/c1-12(2)14-6-17(31-5)15(23)7-16(14)33-18-8-25-21(27-19(18)24)26-13(3)20(30)32-11-22(4,9-28)10-29/h6-8,12-13,28-29H,9-11H2,1-5H3,(H3,24,25,26,27). The minimum absolute atomic E-state index is 0.0582. The van der Waals surface area contributed by atoms with Gasteiger partial charge >= 0.3 is 5.97 Å². The second kappa shape index (κ2) is 11.4. The normalized spacial score (nSPS) is 12.4. The van der Waals surface area contributed by atoms with Crippen molar-refractivity contribution in [3.05, 3.63) is 28.9 Å². The molecule has 0 radical (unpaired) electrons. The van der Waals surface area contributed by atoms with Crippen molar-refractivity contribution in [2.75, 3.05) is 38.0 Å². The van der Waals surface area contributed by atoms with Crippen LogP contribution in [0.25, 0.3) is 0 Å². The summed E-state index contributed by atoms with van der Waals surface area (Å²) in [6.07, 6.45) is 1.39. The van der Waals surface area contributed by atoms with Gasteiger partial charge in [0.15, 0.2) is 11.6 Å². The summed E-state index contributed by atoms with van der Waals surface area (Å²) in [6, 6.07) is 2.65. The van der Waals surface area contributed by atoms with Crippen LogP contribution in [0.3, 0.4) is 0 Å². The maximum Gasteiger partial charge on any atom is 0.328 e. The molecular weight excluding hydrogens is 452 g/mol. The highest BCUT2D eigenvalue weighted by molar-refractivity contribution is 6.32. The van der Waals surface area contributed by atoms with Crippen LogP contribution in [0.2, 0.25) is 5.02 Å². The van der Waals surface area contributed by atoms with Gasteiger partial charge in [-0.05, 0) is 18.9 Å². The number of benzene rings is 1. The predicted octanol–water partition coefficient (Wildman–Crippen LogP) is 2.97. The van der Waals surface area contributed by atoms with E-state index in [1.165, 1.54) is 13.3 Å². The molecule has 11 heteroatoms. The van der Waals surface area contributed by atoms with Crippen molar-refractivity contribution in [2.24, 2.45) is 5.41 Å². The third kappa shape index (κ3) is 6.83. The van der Waals surface area contributed by atoms with Crippen LogP contribution in [0.15, 0.2) is 18.3 Å². The molecule has 0 aliphatic heterocycles. The Morgan fingerprint density at radius 1 is 1.21 bits per heavy atom. The van der Waals surface area contributed by atoms with Crippen LogP contribution in [0.4, 0.5) is 11.8 Å². The molecule has 5 N–H and O–H groups in total. The number of nitrogens with zero attached hydrogens (tertiary/aromatic N) is 2. The zero-order valence-electron chi connectivity index (χ0n) is 19.4. The number of halogens is 1. The van der Waals surface area contributed by atoms with E-state index in [4.69, 9.17) is 31.5 Å². The number of nitrogens with one attached hydrogen (secondary N) is 1. The Bertz CT molecular complexity index is 968. The van der Waals surface area contributed by atoms with E-state index >= 15 is 0 Å². The number of methoxy groups -OCH3 is 1. The second-order valence-corrected chi connectivity index (χ2v) is 8.73. The summed E-state index contributed by atoms with van der Waals surface area (Å²) >= 11 is 6.25. The molecule has 0 saturated heterocycles. The van der Waals surface area contributed by atoms with Crippen molar-refractivity contribution in [2.45, 2.75) is 39.7 Å². The van der Waals surface area contributed by atoms with Crippen LogP contribution < -0.4 is 20.5 Å². The number of anilines is 2. The number of hydrogen-bond donors (Lipinski definition) is 4. The number of aromatic nitrogens is 2. The summed E-state index contributed by atoms with van der Waals surface area (Å²) in [6.45, 7) is 6.40.